The van der Waals surface area contributed by atoms with Gasteiger partial charge in [-0.15, -0.1) is 0 Å². The second-order valence-electron chi connectivity index (χ2n) is 6.20. The molecule has 2 amide bonds. The highest BCUT2D eigenvalue weighted by molar-refractivity contribution is 5.75. The predicted molar refractivity (Wildman–Crippen MR) is 74.2 cm³/mol. The molecular formula is C14H30N2O. The van der Waals surface area contributed by atoms with Crippen LogP contribution in [0, 0.1) is 5.92 Å². The number of hydrogen-bond acceptors (Lipinski definition) is 1. The van der Waals surface area contributed by atoms with Gasteiger partial charge in [-0.25, -0.2) is 4.79 Å². The van der Waals surface area contributed by atoms with Crippen molar-refractivity contribution in [2.24, 2.45) is 5.92 Å². The minimum atomic E-state index is -0.168. The van der Waals surface area contributed by atoms with E-state index in [1.165, 1.54) is 0 Å². The summed E-state index contributed by atoms with van der Waals surface area (Å²) in [5.74, 6) is 0.501. The minimum absolute atomic E-state index is 0.0694. The first-order valence-corrected chi connectivity index (χ1v) is 6.80. The van der Waals surface area contributed by atoms with Crippen molar-refractivity contribution in [2.75, 3.05) is 6.54 Å². The number of hydrogen-bond donors (Lipinski definition) is 1. The van der Waals surface area contributed by atoms with Crippen LogP contribution < -0.4 is 5.32 Å². The van der Waals surface area contributed by atoms with Crippen molar-refractivity contribution >= 4 is 6.03 Å². The van der Waals surface area contributed by atoms with Crippen LogP contribution in [0.3, 0.4) is 0 Å². The van der Waals surface area contributed by atoms with E-state index in [1.807, 2.05) is 25.7 Å². The van der Waals surface area contributed by atoms with Crippen molar-refractivity contribution in [3.8, 4) is 0 Å². The summed E-state index contributed by atoms with van der Waals surface area (Å²) in [6.07, 6.45) is 2.03. The van der Waals surface area contributed by atoms with E-state index in [0.717, 1.165) is 19.4 Å². The third kappa shape index (κ3) is 6.54. The van der Waals surface area contributed by atoms with Gasteiger partial charge < -0.3 is 10.2 Å². The SMILES string of the molecule is CCC(CC)N(CC(C)C)C(=O)NC(C)(C)C. The van der Waals surface area contributed by atoms with Gasteiger partial charge in [-0.2, -0.15) is 0 Å². The van der Waals surface area contributed by atoms with Crippen LogP contribution >= 0.6 is 0 Å². The third-order valence-electron chi connectivity index (χ3n) is 2.69. The first-order valence-electron chi connectivity index (χ1n) is 6.80. The van der Waals surface area contributed by atoms with Crippen LogP contribution in [0.25, 0.3) is 0 Å². The Bertz CT molecular complexity index is 227. The Balaban J connectivity index is 4.72. The van der Waals surface area contributed by atoms with Gasteiger partial charge in [0.2, 0.25) is 0 Å². The van der Waals surface area contributed by atoms with Gasteiger partial charge in [-0.1, -0.05) is 27.7 Å². The Kier molecular flexibility index (Phi) is 6.58. The lowest BCUT2D eigenvalue weighted by Gasteiger charge is -2.34. The maximum atomic E-state index is 12.3. The van der Waals surface area contributed by atoms with Crippen LogP contribution in [0.5, 0.6) is 0 Å². The summed E-state index contributed by atoms with van der Waals surface area (Å²) in [7, 11) is 0. The summed E-state index contributed by atoms with van der Waals surface area (Å²) >= 11 is 0. The molecule has 3 heteroatoms. The molecule has 0 atom stereocenters. The number of carbonyl (C=O) groups is 1. The molecule has 1 N–H and O–H groups in total. The van der Waals surface area contributed by atoms with Gasteiger partial charge in [-0.05, 0) is 39.5 Å². The molecule has 102 valence electrons. The van der Waals surface area contributed by atoms with Crippen molar-refractivity contribution in [1.29, 1.82) is 0 Å². The van der Waals surface area contributed by atoms with E-state index < -0.39 is 0 Å². The molecule has 0 aromatic heterocycles. The molecule has 0 spiro atoms. The van der Waals surface area contributed by atoms with Gasteiger partial charge in [-0.3, -0.25) is 0 Å². The van der Waals surface area contributed by atoms with E-state index >= 15 is 0 Å². The van der Waals surface area contributed by atoms with Gasteiger partial charge >= 0.3 is 6.03 Å². The molecule has 0 rings (SSSR count). The average Bonchev–Trinajstić information content (AvgIpc) is 2.14. The molecule has 0 radical (unpaired) electrons. The predicted octanol–water partition coefficient (Wildman–Crippen LogP) is 3.64. The molecule has 0 fully saturated rings. The van der Waals surface area contributed by atoms with Crippen LogP contribution in [0.1, 0.15) is 61.3 Å². The molecule has 0 bridgehead atoms. The summed E-state index contributed by atoms with van der Waals surface area (Å²) in [6.45, 7) is 15.5. The fourth-order valence-corrected chi connectivity index (χ4v) is 1.91. The molecule has 0 aromatic rings. The smallest absolute Gasteiger partial charge is 0.318 e. The Labute approximate surface area is 107 Å². The van der Waals surface area contributed by atoms with Crippen molar-refractivity contribution in [2.45, 2.75) is 72.9 Å². The quantitative estimate of drug-likeness (QED) is 0.784. The van der Waals surface area contributed by atoms with Gasteiger partial charge in [0.05, 0.1) is 0 Å². The molecular weight excluding hydrogens is 212 g/mol. The molecule has 17 heavy (non-hydrogen) atoms. The Hall–Kier alpha value is -0.730. The van der Waals surface area contributed by atoms with Gasteiger partial charge in [0, 0.05) is 18.1 Å². The topological polar surface area (TPSA) is 32.3 Å². The number of rotatable bonds is 5. The summed E-state index contributed by atoms with van der Waals surface area (Å²) < 4.78 is 0. The maximum absolute atomic E-state index is 12.3. The van der Waals surface area contributed by atoms with Gasteiger partial charge in [0.25, 0.3) is 0 Å². The minimum Gasteiger partial charge on any atom is -0.333 e. The Morgan fingerprint density at radius 2 is 1.65 bits per heavy atom. The maximum Gasteiger partial charge on any atom is 0.318 e. The summed E-state index contributed by atoms with van der Waals surface area (Å²) in [6, 6.07) is 0.416. The van der Waals surface area contributed by atoms with Crippen LogP contribution in [0.4, 0.5) is 4.79 Å². The number of urea groups is 1. The van der Waals surface area contributed by atoms with Gasteiger partial charge in [0.1, 0.15) is 0 Å². The molecule has 0 saturated carbocycles. The lowest BCUT2D eigenvalue weighted by atomic mass is 10.1. The fraction of sp³-hybridized carbons (Fsp3) is 0.929. The Morgan fingerprint density at radius 3 is 1.94 bits per heavy atom. The zero-order valence-corrected chi connectivity index (χ0v) is 12.6. The lowest BCUT2D eigenvalue weighted by Crippen LogP contribution is -2.52. The highest BCUT2D eigenvalue weighted by Gasteiger charge is 2.24. The standard InChI is InChI=1S/C14H30N2O/c1-8-12(9-2)16(10-11(3)4)13(17)15-14(5,6)7/h11-12H,8-10H2,1-7H3,(H,15,17). The van der Waals surface area contributed by atoms with Crippen LogP contribution in [0.15, 0.2) is 0 Å². The summed E-state index contributed by atoms with van der Waals surface area (Å²) in [5, 5.41) is 3.06. The zero-order chi connectivity index (χ0) is 13.6. The van der Waals surface area contributed by atoms with E-state index in [2.05, 4.69) is 33.0 Å². The van der Waals surface area contributed by atoms with E-state index in [0.29, 0.717) is 12.0 Å². The van der Waals surface area contributed by atoms with E-state index in [-0.39, 0.29) is 11.6 Å². The van der Waals surface area contributed by atoms with Crippen LogP contribution in [-0.4, -0.2) is 29.1 Å². The molecule has 0 aliphatic rings. The first-order chi connectivity index (χ1) is 7.71. The molecule has 0 aliphatic carbocycles. The van der Waals surface area contributed by atoms with Crippen LogP contribution in [-0.2, 0) is 0 Å². The summed E-state index contributed by atoms with van der Waals surface area (Å²) in [5.41, 5.74) is -0.168. The normalized spacial score (nSPS) is 12.1. The highest BCUT2D eigenvalue weighted by atomic mass is 16.2. The third-order valence-corrected chi connectivity index (χ3v) is 2.69. The zero-order valence-electron chi connectivity index (χ0n) is 12.6. The largest absolute Gasteiger partial charge is 0.333 e. The van der Waals surface area contributed by atoms with Crippen LogP contribution in [0.2, 0.25) is 0 Å². The molecule has 3 nitrogen and oxygen atoms in total. The number of nitrogens with one attached hydrogen (secondary N) is 1. The van der Waals surface area contributed by atoms with Gasteiger partial charge in [0.15, 0.2) is 0 Å². The Morgan fingerprint density at radius 1 is 1.18 bits per heavy atom. The van der Waals surface area contributed by atoms with Crippen molar-refractivity contribution < 1.29 is 4.79 Å². The summed E-state index contributed by atoms with van der Waals surface area (Å²) in [4.78, 5) is 14.3. The second kappa shape index (κ2) is 6.87. The van der Waals surface area contributed by atoms with E-state index in [9.17, 15) is 4.79 Å². The van der Waals surface area contributed by atoms with Crippen molar-refractivity contribution in [3.05, 3.63) is 0 Å². The molecule has 0 aromatic carbocycles. The molecule has 0 saturated heterocycles. The first kappa shape index (κ1) is 16.3. The number of amides is 2. The van der Waals surface area contributed by atoms with E-state index in [1.54, 1.807) is 0 Å². The fourth-order valence-electron chi connectivity index (χ4n) is 1.91. The second-order valence-corrected chi connectivity index (χ2v) is 6.20. The highest BCUT2D eigenvalue weighted by Crippen LogP contribution is 2.13. The molecule has 0 unspecified atom stereocenters. The van der Waals surface area contributed by atoms with Crippen molar-refractivity contribution in [3.63, 3.8) is 0 Å². The monoisotopic (exact) mass is 242 g/mol. The lowest BCUT2D eigenvalue weighted by molar-refractivity contribution is 0.153. The number of carbonyl (C=O) groups excluding carboxylic acids is 1. The number of nitrogens with zero attached hydrogens (tertiary/aromatic N) is 1. The molecule has 0 heterocycles. The molecule has 0 aliphatic heterocycles. The average molecular weight is 242 g/mol. The van der Waals surface area contributed by atoms with Crippen molar-refractivity contribution in [1.82, 2.24) is 10.2 Å². The van der Waals surface area contributed by atoms with E-state index in [4.69, 9.17) is 0 Å².